The molecule has 40 heavy (non-hydrogen) atoms. The number of ketones is 1. The summed E-state index contributed by atoms with van der Waals surface area (Å²) in [7, 11) is 0. The van der Waals surface area contributed by atoms with Gasteiger partial charge in [-0.1, -0.05) is 35.8 Å². The Hall–Kier alpha value is -3.64. The lowest BCUT2D eigenvalue weighted by atomic mass is 9.35. The molecule has 210 valence electrons. The van der Waals surface area contributed by atoms with E-state index in [9.17, 15) is 9.59 Å². The zero-order valence-electron chi connectivity index (χ0n) is 23.7. The van der Waals surface area contributed by atoms with Crippen molar-refractivity contribution in [3.05, 3.63) is 57.7 Å². The van der Waals surface area contributed by atoms with Crippen molar-refractivity contribution in [2.24, 2.45) is 5.41 Å². The molecule has 10 heteroatoms. The summed E-state index contributed by atoms with van der Waals surface area (Å²) in [6.07, 6.45) is 3.11. The molecule has 1 aromatic carbocycles. The van der Waals surface area contributed by atoms with Crippen LogP contribution in [0.25, 0.3) is 16.1 Å². The van der Waals surface area contributed by atoms with Crippen LogP contribution in [0, 0.1) is 12.0 Å². The summed E-state index contributed by atoms with van der Waals surface area (Å²) >= 11 is 6.66. The number of hydrogen-bond donors (Lipinski definition) is 1. The van der Waals surface area contributed by atoms with Crippen LogP contribution >= 0.6 is 11.6 Å². The van der Waals surface area contributed by atoms with E-state index in [4.69, 9.17) is 27.4 Å². The minimum absolute atomic E-state index is 0.00847. The summed E-state index contributed by atoms with van der Waals surface area (Å²) in [5, 5.41) is 11.9. The molecular formula is C30H34ClN5O4. The van der Waals surface area contributed by atoms with Crippen molar-refractivity contribution in [3.63, 3.8) is 0 Å². The molecule has 3 saturated carbocycles. The molecule has 2 bridgehead atoms. The Bertz CT molecular complexity index is 1520. The summed E-state index contributed by atoms with van der Waals surface area (Å²) in [6, 6.07) is 7.05. The number of anilines is 1. The summed E-state index contributed by atoms with van der Waals surface area (Å²) in [5.74, 6) is 0.818. The molecule has 3 aliphatic carbocycles. The largest absolute Gasteiger partial charge is 0.444 e. The van der Waals surface area contributed by atoms with E-state index in [0.29, 0.717) is 27.5 Å². The van der Waals surface area contributed by atoms with Crippen LogP contribution in [0.15, 0.2) is 28.8 Å². The van der Waals surface area contributed by atoms with E-state index in [1.54, 1.807) is 43.7 Å². The monoisotopic (exact) mass is 563 g/mol. The SMILES string of the molecule is [C-]#[N+]c1c(-c2ccc(CC(=O)Cc3cc(C45CC(C)(C4)C5)no3)cc2Cl)nn(C(C)C)c1NC(=O)OC(C)(C)C. The van der Waals surface area contributed by atoms with Crippen LogP contribution in [0.3, 0.4) is 0 Å². The van der Waals surface area contributed by atoms with E-state index in [-0.39, 0.29) is 41.6 Å². The van der Waals surface area contributed by atoms with Gasteiger partial charge in [0.15, 0.2) is 0 Å². The molecule has 3 aromatic rings. The first-order valence-electron chi connectivity index (χ1n) is 13.5. The molecular weight excluding hydrogens is 530 g/mol. The van der Waals surface area contributed by atoms with Gasteiger partial charge >= 0.3 is 6.09 Å². The molecule has 0 saturated heterocycles. The second-order valence-corrected chi connectivity index (χ2v) is 13.2. The topological polar surface area (TPSA) is 104 Å². The zero-order chi connectivity index (χ0) is 29.0. The quantitative estimate of drug-likeness (QED) is 0.285. The van der Waals surface area contributed by atoms with E-state index < -0.39 is 11.7 Å². The van der Waals surface area contributed by atoms with Gasteiger partial charge < -0.3 is 9.26 Å². The number of benzene rings is 1. The number of aromatic nitrogens is 3. The van der Waals surface area contributed by atoms with Crippen molar-refractivity contribution in [1.82, 2.24) is 14.9 Å². The molecule has 6 rings (SSSR count). The van der Waals surface area contributed by atoms with Gasteiger partial charge in [-0.15, -0.1) is 0 Å². The maximum atomic E-state index is 12.8. The summed E-state index contributed by atoms with van der Waals surface area (Å²) in [4.78, 5) is 29.0. The van der Waals surface area contributed by atoms with Gasteiger partial charge in [0.05, 0.1) is 18.7 Å². The summed E-state index contributed by atoms with van der Waals surface area (Å²) < 4.78 is 12.4. The summed E-state index contributed by atoms with van der Waals surface area (Å²) in [5.41, 5.74) is 2.68. The average molecular weight is 564 g/mol. The first kappa shape index (κ1) is 27.9. The highest BCUT2D eigenvalue weighted by Gasteiger charge is 2.66. The molecule has 1 N–H and O–H groups in total. The Morgan fingerprint density at radius 2 is 1.93 bits per heavy atom. The van der Waals surface area contributed by atoms with Crippen LogP contribution < -0.4 is 5.32 Å². The normalized spacial score (nSPS) is 21.4. The minimum Gasteiger partial charge on any atom is -0.444 e. The first-order valence-corrected chi connectivity index (χ1v) is 13.9. The third kappa shape index (κ3) is 5.25. The Balaban J connectivity index is 1.31. The third-order valence-corrected chi connectivity index (χ3v) is 7.88. The van der Waals surface area contributed by atoms with Gasteiger partial charge in [-0.2, -0.15) is 5.10 Å². The fourth-order valence-corrected chi connectivity index (χ4v) is 6.45. The number of nitrogens with zero attached hydrogens (tertiary/aromatic N) is 4. The van der Waals surface area contributed by atoms with Crippen molar-refractivity contribution in [2.45, 2.75) is 90.7 Å². The van der Waals surface area contributed by atoms with E-state index in [2.05, 4.69) is 27.3 Å². The van der Waals surface area contributed by atoms with Crippen LogP contribution in [0.2, 0.25) is 5.02 Å². The lowest BCUT2D eigenvalue weighted by Crippen LogP contribution is -2.63. The number of rotatable bonds is 8. The molecule has 0 atom stereocenters. The van der Waals surface area contributed by atoms with E-state index in [1.165, 1.54) is 0 Å². The third-order valence-electron chi connectivity index (χ3n) is 7.56. The van der Waals surface area contributed by atoms with Crippen LogP contribution in [0.4, 0.5) is 16.3 Å². The first-order chi connectivity index (χ1) is 18.7. The Kier molecular flexibility index (Phi) is 6.82. The molecule has 0 unspecified atom stereocenters. The maximum absolute atomic E-state index is 12.8. The number of Topliss-reactive ketones (excluding diaryl/α,β-unsaturated/α-hetero) is 1. The van der Waals surface area contributed by atoms with Gasteiger partial charge in [0.1, 0.15) is 28.7 Å². The van der Waals surface area contributed by atoms with Crippen molar-refractivity contribution >= 4 is 35.0 Å². The van der Waals surface area contributed by atoms with Crippen molar-refractivity contribution < 1.29 is 18.8 Å². The van der Waals surface area contributed by atoms with Gasteiger partial charge in [-0.05, 0) is 70.9 Å². The number of ether oxygens (including phenoxy) is 1. The predicted molar refractivity (Wildman–Crippen MR) is 152 cm³/mol. The van der Waals surface area contributed by atoms with Crippen LogP contribution in [-0.2, 0) is 27.8 Å². The summed E-state index contributed by atoms with van der Waals surface area (Å²) in [6.45, 7) is 19.2. The zero-order valence-corrected chi connectivity index (χ0v) is 24.5. The van der Waals surface area contributed by atoms with Gasteiger partial charge in [-0.3, -0.25) is 14.8 Å². The average Bonchev–Trinajstić information content (AvgIpc) is 3.39. The van der Waals surface area contributed by atoms with Crippen molar-refractivity contribution in [3.8, 4) is 11.3 Å². The lowest BCUT2D eigenvalue weighted by Gasteiger charge is -2.68. The van der Waals surface area contributed by atoms with Crippen LogP contribution in [0.5, 0.6) is 0 Å². The Morgan fingerprint density at radius 1 is 1.23 bits per heavy atom. The second-order valence-electron chi connectivity index (χ2n) is 12.8. The highest BCUT2D eigenvalue weighted by molar-refractivity contribution is 6.33. The fraction of sp³-hybridized carbons (Fsp3) is 0.500. The molecule has 3 aliphatic rings. The number of amides is 1. The van der Waals surface area contributed by atoms with Crippen molar-refractivity contribution in [2.75, 3.05) is 5.32 Å². The number of hydrogen-bond acceptors (Lipinski definition) is 6. The highest BCUT2D eigenvalue weighted by Crippen LogP contribution is 2.73. The smallest absolute Gasteiger partial charge is 0.412 e. The molecule has 2 heterocycles. The van der Waals surface area contributed by atoms with Gasteiger partial charge in [0.25, 0.3) is 5.69 Å². The Labute approximate surface area is 239 Å². The van der Waals surface area contributed by atoms with E-state index in [0.717, 1.165) is 30.5 Å². The molecule has 2 aromatic heterocycles. The maximum Gasteiger partial charge on any atom is 0.412 e. The Morgan fingerprint density at radius 3 is 2.50 bits per heavy atom. The van der Waals surface area contributed by atoms with Gasteiger partial charge in [0.2, 0.25) is 0 Å². The van der Waals surface area contributed by atoms with Crippen LogP contribution in [-0.4, -0.2) is 32.4 Å². The number of halogens is 1. The molecule has 0 spiro atoms. The van der Waals surface area contributed by atoms with Crippen LogP contribution in [0.1, 0.15) is 83.9 Å². The van der Waals surface area contributed by atoms with Gasteiger partial charge in [-0.25, -0.2) is 9.64 Å². The molecule has 1 amide bonds. The second kappa shape index (κ2) is 9.77. The standard InChI is InChI=1S/C30H34ClN5O4/c1-17(2)36-26(33-27(38)39-28(3,4)5)25(32-7)24(34-36)21-9-8-18(11-22(21)31)10-19(37)12-20-13-23(35-40-20)30-14-29(6,15-30)16-30/h8-9,11,13,17H,10,12,14-16H2,1-6H3,(H,33,38). The molecule has 0 radical (unpaired) electrons. The molecule has 3 fully saturated rings. The highest BCUT2D eigenvalue weighted by atomic mass is 35.5. The van der Waals surface area contributed by atoms with Gasteiger partial charge in [0, 0.05) is 34.5 Å². The number of carbonyl (C=O) groups is 2. The lowest BCUT2D eigenvalue weighted by molar-refractivity contribution is -0.129. The molecule has 0 aliphatic heterocycles. The minimum atomic E-state index is -0.699. The molecule has 9 nitrogen and oxygen atoms in total. The van der Waals surface area contributed by atoms with E-state index >= 15 is 0 Å². The number of nitrogens with one attached hydrogen (secondary N) is 1. The van der Waals surface area contributed by atoms with Crippen molar-refractivity contribution in [1.29, 1.82) is 0 Å². The fourth-order valence-electron chi connectivity index (χ4n) is 6.16. The van der Waals surface area contributed by atoms with E-state index in [1.807, 2.05) is 19.9 Å². The number of carbonyl (C=O) groups excluding carboxylic acids is 2. The predicted octanol–water partition coefficient (Wildman–Crippen LogP) is 7.47.